The highest BCUT2D eigenvalue weighted by atomic mass is 16.3. The fourth-order valence-electron chi connectivity index (χ4n) is 3.87. The van der Waals surface area contributed by atoms with Gasteiger partial charge in [0.05, 0.1) is 23.3 Å². The van der Waals surface area contributed by atoms with E-state index in [0.717, 1.165) is 35.0 Å². The zero-order valence-corrected chi connectivity index (χ0v) is 14.3. The molecule has 24 heavy (non-hydrogen) atoms. The number of aryl methyl sites for hydroxylation is 1. The Morgan fingerprint density at radius 2 is 1.96 bits per heavy atom. The normalized spacial score (nSPS) is 25.1. The van der Waals surface area contributed by atoms with Crippen molar-refractivity contribution in [1.29, 1.82) is 0 Å². The van der Waals surface area contributed by atoms with Crippen LogP contribution in [0, 0.1) is 18.3 Å². The van der Waals surface area contributed by atoms with E-state index >= 15 is 0 Å². The number of Topliss-reactive ketones (excluding diaryl/α,β-unsaturated/α-hetero) is 1. The Hall–Kier alpha value is -2.36. The van der Waals surface area contributed by atoms with Crippen LogP contribution >= 0.6 is 0 Å². The van der Waals surface area contributed by atoms with Crippen LogP contribution in [0.1, 0.15) is 44.3 Å². The number of hydrogen-bond donors (Lipinski definition) is 1. The van der Waals surface area contributed by atoms with Gasteiger partial charge >= 0.3 is 0 Å². The van der Waals surface area contributed by atoms with Crippen LogP contribution in [0.4, 0.5) is 11.4 Å². The van der Waals surface area contributed by atoms with Crippen LogP contribution in [0.2, 0.25) is 0 Å². The maximum Gasteiger partial charge on any atom is 0.144 e. The van der Waals surface area contributed by atoms with E-state index in [2.05, 4.69) is 19.2 Å². The van der Waals surface area contributed by atoms with Gasteiger partial charge in [-0.15, -0.1) is 0 Å². The molecule has 0 radical (unpaired) electrons. The molecule has 1 aliphatic carbocycles. The van der Waals surface area contributed by atoms with Crippen LogP contribution < -0.4 is 5.32 Å². The van der Waals surface area contributed by atoms with E-state index in [1.54, 1.807) is 0 Å². The van der Waals surface area contributed by atoms with Crippen molar-refractivity contribution in [2.45, 2.75) is 39.7 Å². The second-order valence-electron chi connectivity index (χ2n) is 7.65. The molecule has 1 N–H and O–H groups in total. The largest absolute Gasteiger partial charge is 0.464 e. The number of rotatable bonds is 1. The number of nitrogens with zero attached hydrogens (tertiary/aromatic N) is 1. The molecule has 0 saturated heterocycles. The van der Waals surface area contributed by atoms with Crippen molar-refractivity contribution in [3.63, 3.8) is 0 Å². The summed E-state index contributed by atoms with van der Waals surface area (Å²) >= 11 is 0. The van der Waals surface area contributed by atoms with Gasteiger partial charge in [0.2, 0.25) is 0 Å². The van der Waals surface area contributed by atoms with Gasteiger partial charge < -0.3 is 9.73 Å². The number of carbonyl (C=O) groups is 1. The number of benzene rings is 1. The van der Waals surface area contributed by atoms with Crippen molar-refractivity contribution in [2.24, 2.45) is 16.3 Å². The van der Waals surface area contributed by atoms with Crippen molar-refractivity contribution >= 4 is 22.9 Å². The summed E-state index contributed by atoms with van der Waals surface area (Å²) in [6, 6.07) is 11.7. The molecule has 4 heteroatoms. The van der Waals surface area contributed by atoms with Crippen molar-refractivity contribution < 1.29 is 9.21 Å². The number of furan rings is 1. The molecule has 2 aliphatic rings. The second kappa shape index (κ2) is 5.33. The molecule has 2 atom stereocenters. The van der Waals surface area contributed by atoms with Gasteiger partial charge in [-0.05, 0) is 43.0 Å². The summed E-state index contributed by atoms with van der Waals surface area (Å²) in [5, 5.41) is 3.52. The lowest BCUT2D eigenvalue weighted by atomic mass is 9.68. The lowest BCUT2D eigenvalue weighted by molar-refractivity contribution is -0.124. The summed E-state index contributed by atoms with van der Waals surface area (Å²) in [7, 11) is 0. The highest BCUT2D eigenvalue weighted by Crippen LogP contribution is 2.45. The Morgan fingerprint density at radius 3 is 2.71 bits per heavy atom. The van der Waals surface area contributed by atoms with Gasteiger partial charge in [-0.25, -0.2) is 0 Å². The average molecular weight is 322 g/mol. The van der Waals surface area contributed by atoms with E-state index in [1.807, 2.05) is 43.3 Å². The Bertz CT molecular complexity index is 832. The highest BCUT2D eigenvalue weighted by Gasteiger charge is 2.44. The fourth-order valence-corrected chi connectivity index (χ4v) is 3.87. The number of para-hydroxylation sites is 2. The average Bonchev–Trinajstić information content (AvgIpc) is 2.85. The molecule has 1 aromatic carbocycles. The molecule has 124 valence electrons. The van der Waals surface area contributed by atoms with E-state index in [0.29, 0.717) is 6.42 Å². The van der Waals surface area contributed by atoms with Crippen molar-refractivity contribution in [3.05, 3.63) is 47.9 Å². The number of aliphatic imine (C=N–C) groups is 1. The van der Waals surface area contributed by atoms with Gasteiger partial charge in [0.25, 0.3) is 0 Å². The number of anilines is 1. The standard InChI is InChI=1S/C20H22N2O2/c1-12-8-9-17(24-12)19-18-15(10-20(2,3)11-16(18)23)21-13-6-4-5-7-14(13)22-19/h4-9,18-19,22H,10-11H2,1-3H3/t18-,19-/m1/s1. The van der Waals surface area contributed by atoms with Crippen molar-refractivity contribution in [3.8, 4) is 0 Å². The predicted molar refractivity (Wildman–Crippen MR) is 94.9 cm³/mol. The minimum absolute atomic E-state index is 0.0463. The third kappa shape index (κ3) is 2.56. The predicted octanol–water partition coefficient (Wildman–Crippen LogP) is 4.83. The minimum Gasteiger partial charge on any atom is -0.464 e. The molecule has 2 heterocycles. The number of fused-ring (bicyclic) bond motifs is 2. The van der Waals surface area contributed by atoms with E-state index in [-0.39, 0.29) is 23.2 Å². The number of ketones is 1. The summed E-state index contributed by atoms with van der Waals surface area (Å²) in [4.78, 5) is 17.9. The Balaban J connectivity index is 1.86. The second-order valence-corrected chi connectivity index (χ2v) is 7.65. The molecule has 1 aromatic heterocycles. The zero-order valence-electron chi connectivity index (χ0n) is 14.3. The molecular weight excluding hydrogens is 300 g/mol. The SMILES string of the molecule is Cc1ccc([C@H]2Nc3ccccc3N=C3CC(C)(C)CC(=O)[C@@H]32)o1. The molecule has 4 nitrogen and oxygen atoms in total. The zero-order chi connectivity index (χ0) is 16.9. The molecule has 2 aromatic rings. The maximum absolute atomic E-state index is 13.0. The lowest BCUT2D eigenvalue weighted by Crippen LogP contribution is -2.42. The number of carbonyl (C=O) groups excluding carboxylic acids is 1. The first kappa shape index (κ1) is 15.2. The molecule has 4 rings (SSSR count). The van der Waals surface area contributed by atoms with Gasteiger partial charge in [-0.2, -0.15) is 0 Å². The molecule has 0 amide bonds. The highest BCUT2D eigenvalue weighted by molar-refractivity contribution is 6.10. The van der Waals surface area contributed by atoms with Gasteiger partial charge in [0.1, 0.15) is 17.3 Å². The van der Waals surface area contributed by atoms with E-state index < -0.39 is 0 Å². The molecule has 1 fully saturated rings. The number of hydrogen-bond acceptors (Lipinski definition) is 4. The van der Waals surface area contributed by atoms with Gasteiger partial charge in [0, 0.05) is 12.1 Å². The minimum atomic E-state index is -0.268. The van der Waals surface area contributed by atoms with Gasteiger partial charge in [0.15, 0.2) is 0 Å². The van der Waals surface area contributed by atoms with Crippen LogP contribution in [-0.4, -0.2) is 11.5 Å². The summed E-state index contributed by atoms with van der Waals surface area (Å²) < 4.78 is 5.87. The first-order valence-corrected chi connectivity index (χ1v) is 8.45. The molecule has 1 aliphatic heterocycles. The van der Waals surface area contributed by atoms with E-state index in [4.69, 9.17) is 9.41 Å². The molecule has 0 bridgehead atoms. The van der Waals surface area contributed by atoms with E-state index in [1.165, 1.54) is 0 Å². The third-order valence-electron chi connectivity index (χ3n) is 4.90. The third-order valence-corrected chi connectivity index (χ3v) is 4.90. The quantitative estimate of drug-likeness (QED) is 0.818. The smallest absolute Gasteiger partial charge is 0.144 e. The Morgan fingerprint density at radius 1 is 1.17 bits per heavy atom. The lowest BCUT2D eigenvalue weighted by Gasteiger charge is -2.36. The molecule has 1 saturated carbocycles. The van der Waals surface area contributed by atoms with Crippen LogP contribution in [-0.2, 0) is 4.79 Å². The first-order valence-electron chi connectivity index (χ1n) is 8.45. The van der Waals surface area contributed by atoms with Crippen LogP contribution in [0.3, 0.4) is 0 Å². The maximum atomic E-state index is 13.0. The molecule has 0 unspecified atom stereocenters. The summed E-state index contributed by atoms with van der Waals surface area (Å²) in [6.07, 6.45) is 1.40. The Kier molecular flexibility index (Phi) is 3.37. The summed E-state index contributed by atoms with van der Waals surface area (Å²) in [6.45, 7) is 6.20. The fraction of sp³-hybridized carbons (Fsp3) is 0.400. The van der Waals surface area contributed by atoms with Crippen LogP contribution in [0.15, 0.2) is 45.8 Å². The molecular formula is C20H22N2O2. The summed E-state index contributed by atoms with van der Waals surface area (Å²) in [5.41, 5.74) is 2.76. The van der Waals surface area contributed by atoms with Crippen LogP contribution in [0.25, 0.3) is 0 Å². The Labute approximate surface area is 142 Å². The first-order chi connectivity index (χ1) is 11.4. The van der Waals surface area contributed by atoms with Crippen LogP contribution in [0.5, 0.6) is 0 Å². The van der Waals surface area contributed by atoms with Gasteiger partial charge in [-0.1, -0.05) is 26.0 Å². The monoisotopic (exact) mass is 322 g/mol. The van der Waals surface area contributed by atoms with Crippen molar-refractivity contribution in [2.75, 3.05) is 5.32 Å². The topological polar surface area (TPSA) is 54.6 Å². The van der Waals surface area contributed by atoms with E-state index in [9.17, 15) is 4.79 Å². The van der Waals surface area contributed by atoms with Gasteiger partial charge in [-0.3, -0.25) is 9.79 Å². The number of nitrogens with one attached hydrogen (secondary N) is 1. The van der Waals surface area contributed by atoms with Crippen molar-refractivity contribution in [1.82, 2.24) is 0 Å². The molecule has 0 spiro atoms. The summed E-state index contributed by atoms with van der Waals surface area (Å²) in [5.74, 6) is 1.63.